The van der Waals surface area contributed by atoms with Crippen LogP contribution in [0.25, 0.3) is 11.2 Å². The van der Waals surface area contributed by atoms with E-state index < -0.39 is 0 Å². The Labute approximate surface area is 117 Å². The van der Waals surface area contributed by atoms with Crippen molar-refractivity contribution in [1.29, 1.82) is 0 Å². The van der Waals surface area contributed by atoms with Crippen molar-refractivity contribution in [2.75, 3.05) is 0 Å². The smallest absolute Gasteiger partial charge is 0.160 e. The molecule has 0 spiro atoms. The zero-order valence-corrected chi connectivity index (χ0v) is 12.2. The molecule has 98 valence electrons. The Bertz CT molecular complexity index is 534. The quantitative estimate of drug-likeness (QED) is 0.595. The molecule has 0 aliphatic rings. The highest BCUT2D eigenvalue weighted by Crippen LogP contribution is 2.25. The fourth-order valence-electron chi connectivity index (χ4n) is 2.05. The van der Waals surface area contributed by atoms with Gasteiger partial charge in [0.15, 0.2) is 5.65 Å². The number of pyridine rings is 1. The minimum Gasteiger partial charge on any atom is -0.311 e. The Hall–Kier alpha value is -0.800. The average molecular weight is 286 g/mol. The molecule has 1 atom stereocenters. The number of imidazole rings is 1. The summed E-state index contributed by atoms with van der Waals surface area (Å²) in [5.74, 6) is 0.873. The molecule has 3 nitrogen and oxygen atoms in total. The highest BCUT2D eigenvalue weighted by Gasteiger charge is 2.15. The van der Waals surface area contributed by atoms with Crippen molar-refractivity contribution in [3.05, 3.63) is 23.1 Å². The number of fused-ring (bicyclic) bond motifs is 1. The number of hydrogen-bond donors (Lipinski definition) is 0. The van der Waals surface area contributed by atoms with E-state index in [2.05, 4.69) is 21.5 Å². The summed E-state index contributed by atoms with van der Waals surface area (Å²) >= 11 is 12.1. The zero-order chi connectivity index (χ0) is 13.1. The van der Waals surface area contributed by atoms with E-state index in [-0.39, 0.29) is 5.38 Å². The van der Waals surface area contributed by atoms with Crippen molar-refractivity contribution >= 4 is 34.4 Å². The summed E-state index contributed by atoms with van der Waals surface area (Å²) in [6.45, 7) is 5.03. The maximum atomic E-state index is 6.19. The first-order valence-electron chi connectivity index (χ1n) is 6.29. The Morgan fingerprint density at radius 2 is 2.17 bits per heavy atom. The van der Waals surface area contributed by atoms with Gasteiger partial charge < -0.3 is 4.57 Å². The van der Waals surface area contributed by atoms with E-state index in [4.69, 9.17) is 23.2 Å². The van der Waals surface area contributed by atoms with Crippen molar-refractivity contribution in [1.82, 2.24) is 14.5 Å². The third-order valence-electron chi connectivity index (χ3n) is 2.92. The summed E-state index contributed by atoms with van der Waals surface area (Å²) in [4.78, 5) is 8.91. The summed E-state index contributed by atoms with van der Waals surface area (Å²) in [6, 6.07) is 1.84. The van der Waals surface area contributed by atoms with Gasteiger partial charge in [0.25, 0.3) is 0 Å². The Balaban J connectivity index is 2.42. The van der Waals surface area contributed by atoms with Gasteiger partial charge in [0.1, 0.15) is 11.3 Å². The van der Waals surface area contributed by atoms with Crippen LogP contribution in [0.1, 0.15) is 44.3 Å². The normalized spacial score (nSPS) is 13.1. The number of aromatic nitrogens is 3. The molecule has 0 aliphatic heterocycles. The van der Waals surface area contributed by atoms with E-state index in [1.54, 1.807) is 6.20 Å². The van der Waals surface area contributed by atoms with E-state index in [1.165, 1.54) is 12.8 Å². The van der Waals surface area contributed by atoms with E-state index >= 15 is 0 Å². The molecule has 1 unspecified atom stereocenters. The first-order chi connectivity index (χ1) is 8.63. The fraction of sp³-hybridized carbons (Fsp3) is 0.538. The molecule has 0 aromatic carbocycles. The predicted molar refractivity (Wildman–Crippen MR) is 76.3 cm³/mol. The fourth-order valence-corrected chi connectivity index (χ4v) is 2.37. The molecule has 18 heavy (non-hydrogen) atoms. The maximum absolute atomic E-state index is 6.19. The number of aryl methyl sites for hydroxylation is 1. The zero-order valence-electron chi connectivity index (χ0n) is 10.7. The van der Waals surface area contributed by atoms with Crippen LogP contribution in [0.5, 0.6) is 0 Å². The van der Waals surface area contributed by atoms with E-state index in [0.29, 0.717) is 5.02 Å². The Morgan fingerprint density at radius 1 is 1.39 bits per heavy atom. The third-order valence-corrected chi connectivity index (χ3v) is 3.32. The second-order valence-corrected chi connectivity index (χ2v) is 5.53. The molecule has 2 heterocycles. The standard InChI is InChI=1S/C13H17Cl2N3/c1-3-4-5-6-18-12(9(2)14)17-11-7-10(15)8-16-13(11)18/h7-9H,3-6H2,1-2H3. The van der Waals surface area contributed by atoms with Crippen LogP contribution in [0.2, 0.25) is 5.02 Å². The van der Waals surface area contributed by atoms with Crippen molar-refractivity contribution in [2.45, 2.75) is 45.0 Å². The number of halogens is 2. The van der Waals surface area contributed by atoms with Gasteiger partial charge in [-0.15, -0.1) is 11.6 Å². The molecule has 0 aliphatic carbocycles. The lowest BCUT2D eigenvalue weighted by atomic mass is 10.2. The van der Waals surface area contributed by atoms with Gasteiger partial charge in [0.05, 0.1) is 10.4 Å². The second-order valence-electron chi connectivity index (χ2n) is 4.44. The predicted octanol–water partition coefficient (Wildman–Crippen LogP) is 4.57. The SMILES string of the molecule is CCCCCn1c(C(C)Cl)nc2cc(Cl)cnc21. The molecule has 2 rings (SSSR count). The molecule has 0 fully saturated rings. The van der Waals surface area contributed by atoms with Crippen LogP contribution >= 0.6 is 23.2 Å². The number of hydrogen-bond acceptors (Lipinski definition) is 2. The van der Waals surface area contributed by atoms with Crippen LogP contribution in [0, 0.1) is 0 Å². The monoisotopic (exact) mass is 285 g/mol. The number of alkyl halides is 1. The van der Waals surface area contributed by atoms with E-state index in [9.17, 15) is 0 Å². The lowest BCUT2D eigenvalue weighted by Gasteiger charge is -2.09. The van der Waals surface area contributed by atoms with Crippen molar-refractivity contribution in [3.8, 4) is 0 Å². The molecule has 0 radical (unpaired) electrons. The maximum Gasteiger partial charge on any atom is 0.160 e. The van der Waals surface area contributed by atoms with Crippen molar-refractivity contribution in [3.63, 3.8) is 0 Å². The average Bonchev–Trinajstić information content (AvgIpc) is 2.68. The summed E-state index contributed by atoms with van der Waals surface area (Å²) < 4.78 is 2.11. The van der Waals surface area contributed by atoms with Gasteiger partial charge in [-0.3, -0.25) is 0 Å². The molecular formula is C13H17Cl2N3. The molecule has 2 aromatic heterocycles. The van der Waals surface area contributed by atoms with Gasteiger partial charge >= 0.3 is 0 Å². The Kier molecular flexibility index (Phi) is 4.46. The first kappa shape index (κ1) is 13.6. The van der Waals surface area contributed by atoms with Gasteiger partial charge in [-0.05, 0) is 19.4 Å². The van der Waals surface area contributed by atoms with Crippen LogP contribution in [0.15, 0.2) is 12.3 Å². The molecule has 0 saturated heterocycles. The van der Waals surface area contributed by atoms with Crippen molar-refractivity contribution in [2.24, 2.45) is 0 Å². The van der Waals surface area contributed by atoms with Gasteiger partial charge in [0, 0.05) is 12.7 Å². The molecule has 0 saturated carbocycles. The summed E-state index contributed by atoms with van der Waals surface area (Å²) in [5.41, 5.74) is 1.69. The highest BCUT2D eigenvalue weighted by atomic mass is 35.5. The Morgan fingerprint density at radius 3 is 2.83 bits per heavy atom. The highest BCUT2D eigenvalue weighted by molar-refractivity contribution is 6.31. The minimum atomic E-state index is -0.125. The van der Waals surface area contributed by atoms with Crippen LogP contribution in [-0.2, 0) is 6.54 Å². The number of unbranched alkanes of at least 4 members (excludes halogenated alkanes) is 2. The molecule has 0 N–H and O–H groups in total. The van der Waals surface area contributed by atoms with Gasteiger partial charge in [-0.2, -0.15) is 0 Å². The third kappa shape index (κ3) is 2.78. The van der Waals surface area contributed by atoms with Crippen LogP contribution in [0.3, 0.4) is 0 Å². The van der Waals surface area contributed by atoms with Gasteiger partial charge in [-0.1, -0.05) is 31.4 Å². The van der Waals surface area contributed by atoms with Gasteiger partial charge in [0.2, 0.25) is 0 Å². The molecule has 5 heteroatoms. The van der Waals surface area contributed by atoms with Crippen LogP contribution in [-0.4, -0.2) is 14.5 Å². The first-order valence-corrected chi connectivity index (χ1v) is 7.10. The lowest BCUT2D eigenvalue weighted by Crippen LogP contribution is -2.05. The minimum absolute atomic E-state index is 0.125. The van der Waals surface area contributed by atoms with E-state index in [0.717, 1.165) is 30.0 Å². The largest absolute Gasteiger partial charge is 0.311 e. The van der Waals surface area contributed by atoms with Crippen LogP contribution in [0.4, 0.5) is 0 Å². The summed E-state index contributed by atoms with van der Waals surface area (Å²) in [6.07, 6.45) is 5.16. The topological polar surface area (TPSA) is 30.7 Å². The molecule has 2 aromatic rings. The number of rotatable bonds is 5. The number of nitrogens with zero attached hydrogens (tertiary/aromatic N) is 3. The van der Waals surface area contributed by atoms with Crippen LogP contribution < -0.4 is 0 Å². The molecular weight excluding hydrogens is 269 g/mol. The summed E-state index contributed by atoms with van der Waals surface area (Å²) in [7, 11) is 0. The molecule has 0 amide bonds. The van der Waals surface area contributed by atoms with Crippen molar-refractivity contribution < 1.29 is 0 Å². The summed E-state index contributed by atoms with van der Waals surface area (Å²) in [5, 5.41) is 0.481. The van der Waals surface area contributed by atoms with E-state index in [1.807, 2.05) is 13.0 Å². The second kappa shape index (κ2) is 5.89. The molecule has 0 bridgehead atoms. The lowest BCUT2D eigenvalue weighted by molar-refractivity contribution is 0.588. The van der Waals surface area contributed by atoms with Gasteiger partial charge in [-0.25, -0.2) is 9.97 Å².